The van der Waals surface area contributed by atoms with Crippen molar-refractivity contribution >= 4 is 23.2 Å². The number of likely N-dealkylation sites (tertiary alicyclic amines) is 1. The highest BCUT2D eigenvalue weighted by molar-refractivity contribution is 5.92. The normalized spacial score (nSPS) is 22.2. The standard InChI is InChI=1S/C25H33N5O2/c26-24(32)25(22-8-3-4-14-27-22)13-7-15-29(19-25)18-23(31)28-20-9-11-21(12-10-20)30-16-5-1-2-6-17-30/h3-4,8-12,14H,1-2,5-7,13,15-19H2,(H2,26,32)(H,28,31). The Morgan fingerprint density at radius 3 is 2.38 bits per heavy atom. The molecule has 3 N–H and O–H groups in total. The Bertz CT molecular complexity index is 910. The van der Waals surface area contributed by atoms with Gasteiger partial charge in [-0.15, -0.1) is 0 Å². The number of carbonyl (C=O) groups is 2. The van der Waals surface area contributed by atoms with Crippen LogP contribution in [0.4, 0.5) is 11.4 Å². The molecule has 1 aromatic carbocycles. The summed E-state index contributed by atoms with van der Waals surface area (Å²) in [5, 5.41) is 3.00. The van der Waals surface area contributed by atoms with Gasteiger partial charge in [0, 0.05) is 37.2 Å². The smallest absolute Gasteiger partial charge is 0.238 e. The van der Waals surface area contributed by atoms with Crippen molar-refractivity contribution < 1.29 is 9.59 Å². The molecular formula is C25H33N5O2. The number of hydrogen-bond acceptors (Lipinski definition) is 5. The first-order valence-corrected chi connectivity index (χ1v) is 11.7. The molecule has 0 spiro atoms. The van der Waals surface area contributed by atoms with Crippen LogP contribution in [0.1, 0.15) is 44.2 Å². The van der Waals surface area contributed by atoms with Gasteiger partial charge in [0.05, 0.1) is 12.2 Å². The van der Waals surface area contributed by atoms with Crippen molar-refractivity contribution in [3.8, 4) is 0 Å². The average Bonchev–Trinajstić information content (AvgIpc) is 3.10. The van der Waals surface area contributed by atoms with E-state index in [9.17, 15) is 9.59 Å². The van der Waals surface area contributed by atoms with E-state index < -0.39 is 5.41 Å². The highest BCUT2D eigenvalue weighted by atomic mass is 16.2. The van der Waals surface area contributed by atoms with Gasteiger partial charge < -0.3 is 16.0 Å². The number of primary amides is 1. The van der Waals surface area contributed by atoms with E-state index >= 15 is 0 Å². The van der Waals surface area contributed by atoms with Gasteiger partial charge in [-0.05, 0) is 68.6 Å². The Balaban J connectivity index is 1.37. The van der Waals surface area contributed by atoms with Gasteiger partial charge in [-0.25, -0.2) is 0 Å². The Labute approximate surface area is 190 Å². The molecule has 2 saturated heterocycles. The van der Waals surface area contributed by atoms with Crippen LogP contribution in [-0.4, -0.2) is 54.4 Å². The topological polar surface area (TPSA) is 91.6 Å². The third kappa shape index (κ3) is 5.10. The van der Waals surface area contributed by atoms with E-state index in [1.807, 2.05) is 35.2 Å². The zero-order valence-electron chi connectivity index (χ0n) is 18.6. The van der Waals surface area contributed by atoms with Crippen LogP contribution < -0.4 is 16.0 Å². The number of benzene rings is 1. The fourth-order valence-electron chi connectivity index (χ4n) is 4.95. The second-order valence-electron chi connectivity index (χ2n) is 8.97. The molecular weight excluding hydrogens is 402 g/mol. The lowest BCUT2D eigenvalue weighted by Crippen LogP contribution is -2.55. The van der Waals surface area contributed by atoms with Gasteiger partial charge in [-0.1, -0.05) is 18.9 Å². The van der Waals surface area contributed by atoms with Crippen molar-refractivity contribution in [1.82, 2.24) is 9.88 Å². The van der Waals surface area contributed by atoms with Crippen LogP contribution in [0.25, 0.3) is 0 Å². The van der Waals surface area contributed by atoms with Gasteiger partial charge in [-0.2, -0.15) is 0 Å². The number of nitrogens with two attached hydrogens (primary N) is 1. The van der Waals surface area contributed by atoms with Crippen LogP contribution >= 0.6 is 0 Å². The van der Waals surface area contributed by atoms with Crippen molar-refractivity contribution in [1.29, 1.82) is 0 Å². The maximum Gasteiger partial charge on any atom is 0.238 e. The molecule has 0 radical (unpaired) electrons. The van der Waals surface area contributed by atoms with Gasteiger partial charge in [0.15, 0.2) is 0 Å². The maximum absolute atomic E-state index is 12.7. The minimum atomic E-state index is -0.853. The highest BCUT2D eigenvalue weighted by Gasteiger charge is 2.43. The number of piperidine rings is 1. The van der Waals surface area contributed by atoms with Crippen LogP contribution in [-0.2, 0) is 15.0 Å². The molecule has 170 valence electrons. The molecule has 7 nitrogen and oxygen atoms in total. The zero-order valence-corrected chi connectivity index (χ0v) is 18.6. The minimum Gasteiger partial charge on any atom is -0.372 e. The molecule has 1 atom stereocenters. The molecule has 0 saturated carbocycles. The molecule has 32 heavy (non-hydrogen) atoms. The number of amides is 2. The second-order valence-corrected chi connectivity index (χ2v) is 8.97. The third-order valence-corrected chi connectivity index (χ3v) is 6.69. The monoisotopic (exact) mass is 435 g/mol. The summed E-state index contributed by atoms with van der Waals surface area (Å²) in [6.07, 6.45) is 8.20. The van der Waals surface area contributed by atoms with Crippen molar-refractivity contribution in [2.75, 3.05) is 42.9 Å². The molecule has 2 aromatic rings. The van der Waals surface area contributed by atoms with Gasteiger partial charge in [0.25, 0.3) is 0 Å². The number of pyridine rings is 1. The maximum atomic E-state index is 12.7. The third-order valence-electron chi connectivity index (χ3n) is 6.69. The van der Waals surface area contributed by atoms with Crippen molar-refractivity contribution in [3.05, 3.63) is 54.4 Å². The lowest BCUT2D eigenvalue weighted by Gasteiger charge is -2.40. The van der Waals surface area contributed by atoms with Gasteiger partial charge in [-0.3, -0.25) is 19.5 Å². The molecule has 1 unspecified atom stereocenters. The molecule has 7 heteroatoms. The summed E-state index contributed by atoms with van der Waals surface area (Å²) in [4.78, 5) is 34.0. The van der Waals surface area contributed by atoms with Gasteiger partial charge >= 0.3 is 0 Å². The zero-order chi connectivity index (χ0) is 22.4. The lowest BCUT2D eigenvalue weighted by atomic mass is 9.76. The summed E-state index contributed by atoms with van der Waals surface area (Å²) < 4.78 is 0. The van der Waals surface area contributed by atoms with E-state index in [0.717, 1.165) is 31.7 Å². The summed E-state index contributed by atoms with van der Waals surface area (Å²) in [5.41, 5.74) is 7.65. The Kier molecular flexibility index (Phi) is 7.05. The Morgan fingerprint density at radius 1 is 0.969 bits per heavy atom. The van der Waals surface area contributed by atoms with Crippen LogP contribution in [0.15, 0.2) is 48.7 Å². The van der Waals surface area contributed by atoms with Crippen molar-refractivity contribution in [2.45, 2.75) is 43.9 Å². The van der Waals surface area contributed by atoms with Crippen LogP contribution in [0.5, 0.6) is 0 Å². The van der Waals surface area contributed by atoms with E-state index in [1.54, 1.807) is 6.20 Å². The number of anilines is 2. The molecule has 2 fully saturated rings. The van der Waals surface area contributed by atoms with Crippen molar-refractivity contribution in [3.63, 3.8) is 0 Å². The van der Waals surface area contributed by atoms with Crippen LogP contribution in [0, 0.1) is 0 Å². The predicted molar refractivity (Wildman–Crippen MR) is 127 cm³/mol. The number of nitrogens with one attached hydrogen (secondary N) is 1. The fraction of sp³-hybridized carbons (Fsp3) is 0.480. The van der Waals surface area contributed by atoms with E-state index in [4.69, 9.17) is 5.73 Å². The number of carbonyl (C=O) groups excluding carboxylic acids is 2. The first-order valence-electron chi connectivity index (χ1n) is 11.7. The minimum absolute atomic E-state index is 0.0891. The first-order chi connectivity index (χ1) is 15.6. The predicted octanol–water partition coefficient (Wildman–Crippen LogP) is 2.92. The summed E-state index contributed by atoms with van der Waals surface area (Å²) in [5.74, 6) is -0.473. The molecule has 0 aliphatic carbocycles. The largest absolute Gasteiger partial charge is 0.372 e. The Morgan fingerprint density at radius 2 is 1.72 bits per heavy atom. The number of rotatable bonds is 6. The molecule has 4 rings (SSSR count). The number of nitrogens with zero attached hydrogens (tertiary/aromatic N) is 3. The highest BCUT2D eigenvalue weighted by Crippen LogP contribution is 2.32. The average molecular weight is 436 g/mol. The Hall–Kier alpha value is -2.93. The van der Waals surface area contributed by atoms with E-state index in [-0.39, 0.29) is 18.4 Å². The fourth-order valence-corrected chi connectivity index (χ4v) is 4.95. The SMILES string of the molecule is NC(=O)C1(c2ccccn2)CCCN(CC(=O)Nc2ccc(N3CCCCCC3)cc2)C1. The second kappa shape index (κ2) is 10.1. The van der Waals surface area contributed by atoms with E-state index in [0.29, 0.717) is 18.7 Å². The summed E-state index contributed by atoms with van der Waals surface area (Å²) >= 11 is 0. The van der Waals surface area contributed by atoms with Crippen molar-refractivity contribution in [2.24, 2.45) is 5.73 Å². The quantitative estimate of drug-likeness (QED) is 0.728. The molecule has 1 aromatic heterocycles. The van der Waals surface area contributed by atoms with Gasteiger partial charge in [0.1, 0.15) is 5.41 Å². The molecule has 2 aliphatic heterocycles. The number of hydrogen-bond donors (Lipinski definition) is 2. The lowest BCUT2D eigenvalue weighted by molar-refractivity contribution is -0.127. The van der Waals surface area contributed by atoms with Gasteiger partial charge in [0.2, 0.25) is 11.8 Å². The molecule has 3 heterocycles. The first kappa shape index (κ1) is 22.3. The van der Waals surface area contributed by atoms with E-state index in [2.05, 4.69) is 27.3 Å². The summed E-state index contributed by atoms with van der Waals surface area (Å²) in [7, 11) is 0. The van der Waals surface area contributed by atoms with Crippen LogP contribution in [0.3, 0.4) is 0 Å². The molecule has 0 bridgehead atoms. The number of aromatic nitrogens is 1. The molecule has 2 aliphatic rings. The van der Waals surface area contributed by atoms with Crippen LogP contribution in [0.2, 0.25) is 0 Å². The molecule has 2 amide bonds. The summed E-state index contributed by atoms with van der Waals surface area (Å²) in [6.45, 7) is 3.57. The summed E-state index contributed by atoms with van der Waals surface area (Å²) in [6, 6.07) is 13.6. The van der Waals surface area contributed by atoms with E-state index in [1.165, 1.54) is 31.4 Å².